The molecule has 2 saturated heterocycles. The van der Waals surface area contributed by atoms with E-state index in [1.54, 1.807) is 38.5 Å². The van der Waals surface area contributed by atoms with E-state index in [1.807, 2.05) is 12.1 Å². The highest BCUT2D eigenvalue weighted by Gasteiger charge is 2.24. The fraction of sp³-hybridized carbons (Fsp3) is 0.389. The first-order chi connectivity index (χ1) is 23.1. The second-order valence-electron chi connectivity index (χ2n) is 11.8. The maximum absolute atomic E-state index is 9.55. The lowest BCUT2D eigenvalue weighted by Crippen LogP contribution is -2.29. The Bertz CT molecular complexity index is 1710. The van der Waals surface area contributed by atoms with E-state index in [0.29, 0.717) is 57.8 Å². The number of fused-ring (bicyclic) bond motifs is 2. The number of methoxy groups -OCH3 is 2. The van der Waals surface area contributed by atoms with Gasteiger partial charge in [-0.25, -0.2) is 9.59 Å². The van der Waals surface area contributed by atoms with Gasteiger partial charge in [-0.15, -0.1) is 0 Å². The number of piperidine rings is 2. The average Bonchev–Trinajstić information content (AvgIpc) is 3.74. The van der Waals surface area contributed by atoms with Crippen LogP contribution in [-0.2, 0) is 9.59 Å². The minimum atomic E-state index is -1.26. The largest absolute Gasteiger partial charge is 0.493 e. The van der Waals surface area contributed by atoms with Gasteiger partial charge in [0.05, 0.1) is 37.5 Å². The zero-order valence-corrected chi connectivity index (χ0v) is 27.6. The van der Waals surface area contributed by atoms with Crippen LogP contribution in [0.4, 0.5) is 0 Å². The molecule has 0 aliphatic carbocycles. The predicted octanol–water partition coefficient (Wildman–Crippen LogP) is 5.96. The van der Waals surface area contributed by atoms with Gasteiger partial charge in [-0.05, 0) is 102 Å². The van der Waals surface area contributed by atoms with Crippen LogP contribution in [0.25, 0.3) is 21.9 Å². The molecular weight excluding hydrogens is 616 g/mol. The van der Waals surface area contributed by atoms with Crippen molar-refractivity contribution in [2.45, 2.75) is 37.5 Å². The van der Waals surface area contributed by atoms with Crippen LogP contribution in [0.5, 0.6) is 11.5 Å². The first kappa shape index (κ1) is 35.6. The first-order valence-corrected chi connectivity index (χ1v) is 15.6. The third-order valence-electron chi connectivity index (χ3n) is 8.62. The molecule has 252 valence electrons. The van der Waals surface area contributed by atoms with Crippen molar-refractivity contribution >= 4 is 33.9 Å². The second kappa shape index (κ2) is 16.5. The SMILES string of the molecule is COc1ccc(C#N)c2cc(C3CCN(C)CC3)oc12.COc1ccc(C#N)c2cc(C3CCN(C)CC3)oc12.O=C(O)/C=C\C(=O)O. The summed E-state index contributed by atoms with van der Waals surface area (Å²) in [5.41, 5.74) is 2.67. The standard InChI is InChI=1S/2C16H18N2O2.C4H4O4/c2*1-18-7-5-11(6-8-18)15-9-13-12(10-17)3-4-14(19-2)16(13)20-15;5-3(6)1-2-4(7)8/h2*3-4,9,11H,5-8H2,1-2H3;1-2H,(H,5,6)(H,7,8)/b;;2-1-. The molecule has 48 heavy (non-hydrogen) atoms. The topological polar surface area (TPSA) is 173 Å². The van der Waals surface area contributed by atoms with Gasteiger partial charge in [0.1, 0.15) is 11.5 Å². The fourth-order valence-electron chi connectivity index (χ4n) is 5.88. The Kier molecular flexibility index (Phi) is 12.2. The van der Waals surface area contributed by atoms with Gasteiger partial charge in [-0.3, -0.25) is 0 Å². The molecule has 2 fully saturated rings. The highest BCUT2D eigenvalue weighted by molar-refractivity contribution is 5.90. The average molecular weight is 657 g/mol. The molecule has 4 heterocycles. The van der Waals surface area contributed by atoms with Gasteiger partial charge < -0.3 is 38.3 Å². The van der Waals surface area contributed by atoms with E-state index in [2.05, 4.69) is 36.0 Å². The zero-order valence-electron chi connectivity index (χ0n) is 27.6. The summed E-state index contributed by atoms with van der Waals surface area (Å²) in [6, 6.07) is 15.6. The number of ether oxygens (including phenoxy) is 2. The lowest BCUT2D eigenvalue weighted by atomic mass is 9.94. The number of likely N-dealkylation sites (tertiary alicyclic amines) is 2. The number of carbonyl (C=O) groups is 2. The van der Waals surface area contributed by atoms with Gasteiger partial charge in [0.15, 0.2) is 22.7 Å². The molecule has 2 aliphatic heterocycles. The molecule has 2 N–H and O–H groups in total. The van der Waals surface area contributed by atoms with E-state index < -0.39 is 11.9 Å². The molecule has 0 atom stereocenters. The van der Waals surface area contributed by atoms with Crippen molar-refractivity contribution in [3.8, 4) is 23.6 Å². The number of carboxylic acids is 2. The summed E-state index contributed by atoms with van der Waals surface area (Å²) in [4.78, 5) is 23.8. The summed E-state index contributed by atoms with van der Waals surface area (Å²) in [5.74, 6) is 1.71. The third kappa shape index (κ3) is 8.73. The highest BCUT2D eigenvalue weighted by atomic mass is 16.5. The Hall–Kier alpha value is -5.30. The van der Waals surface area contributed by atoms with Crippen LogP contribution in [0, 0.1) is 22.7 Å². The normalized spacial score (nSPS) is 16.0. The Morgan fingerprint density at radius 2 is 1.08 bits per heavy atom. The molecule has 2 aromatic heterocycles. The summed E-state index contributed by atoms with van der Waals surface area (Å²) < 4.78 is 22.7. The van der Waals surface area contributed by atoms with E-state index in [4.69, 9.17) is 28.5 Å². The van der Waals surface area contributed by atoms with Crippen LogP contribution in [-0.4, -0.2) is 86.4 Å². The molecule has 0 radical (unpaired) electrons. The quantitative estimate of drug-likeness (QED) is 0.234. The van der Waals surface area contributed by atoms with Crippen LogP contribution in [0.1, 0.15) is 60.2 Å². The minimum absolute atomic E-state index is 0.440. The lowest BCUT2D eigenvalue weighted by molar-refractivity contribution is -0.134. The molecular formula is C36H40N4O8. The summed E-state index contributed by atoms with van der Waals surface area (Å²) in [7, 11) is 7.54. The van der Waals surface area contributed by atoms with Gasteiger partial charge >= 0.3 is 11.9 Å². The van der Waals surface area contributed by atoms with E-state index >= 15 is 0 Å². The van der Waals surface area contributed by atoms with Crippen LogP contribution in [0.2, 0.25) is 0 Å². The summed E-state index contributed by atoms with van der Waals surface area (Å²) in [6.07, 6.45) is 5.51. The number of hydrogen-bond acceptors (Lipinski definition) is 10. The molecule has 6 rings (SSSR count). The Morgan fingerprint density at radius 3 is 1.38 bits per heavy atom. The Balaban J connectivity index is 0.000000178. The van der Waals surface area contributed by atoms with E-state index in [-0.39, 0.29) is 0 Å². The predicted molar refractivity (Wildman–Crippen MR) is 178 cm³/mol. The Labute approximate surface area is 278 Å². The second-order valence-corrected chi connectivity index (χ2v) is 11.8. The molecule has 0 spiro atoms. The van der Waals surface area contributed by atoms with Crippen molar-refractivity contribution in [2.24, 2.45) is 0 Å². The van der Waals surface area contributed by atoms with E-state index in [1.165, 1.54) is 0 Å². The number of benzene rings is 2. The lowest BCUT2D eigenvalue weighted by Gasteiger charge is -2.27. The van der Waals surface area contributed by atoms with Crippen molar-refractivity contribution in [2.75, 3.05) is 54.5 Å². The van der Waals surface area contributed by atoms with Gasteiger partial charge in [-0.1, -0.05) is 0 Å². The number of carboxylic acid groups (broad SMARTS) is 2. The van der Waals surface area contributed by atoms with Gasteiger partial charge in [0.2, 0.25) is 0 Å². The van der Waals surface area contributed by atoms with Crippen LogP contribution in [0.15, 0.2) is 57.4 Å². The number of rotatable bonds is 6. The number of hydrogen-bond donors (Lipinski definition) is 2. The van der Waals surface area contributed by atoms with Gasteiger partial charge in [0.25, 0.3) is 0 Å². The van der Waals surface area contributed by atoms with Crippen LogP contribution in [0.3, 0.4) is 0 Å². The molecule has 0 bridgehead atoms. The molecule has 4 aromatic rings. The zero-order chi connectivity index (χ0) is 34.8. The highest BCUT2D eigenvalue weighted by Crippen LogP contribution is 2.38. The number of nitrogens with zero attached hydrogens (tertiary/aromatic N) is 4. The molecule has 2 aromatic carbocycles. The maximum Gasteiger partial charge on any atom is 0.328 e. The molecule has 0 unspecified atom stereocenters. The van der Waals surface area contributed by atoms with Crippen LogP contribution >= 0.6 is 0 Å². The minimum Gasteiger partial charge on any atom is -0.493 e. The number of furan rings is 2. The fourth-order valence-corrected chi connectivity index (χ4v) is 5.88. The molecule has 12 nitrogen and oxygen atoms in total. The molecule has 0 saturated carbocycles. The van der Waals surface area contributed by atoms with Crippen LogP contribution < -0.4 is 9.47 Å². The molecule has 12 heteroatoms. The Morgan fingerprint density at radius 1 is 0.729 bits per heavy atom. The van der Waals surface area contributed by atoms with Crippen molar-refractivity contribution in [3.63, 3.8) is 0 Å². The summed E-state index contributed by atoms with van der Waals surface area (Å²) in [5, 5.41) is 35.8. The first-order valence-electron chi connectivity index (χ1n) is 15.6. The molecule has 0 amide bonds. The summed E-state index contributed by atoms with van der Waals surface area (Å²) in [6.45, 7) is 4.35. The number of aliphatic carboxylic acids is 2. The van der Waals surface area contributed by atoms with E-state index in [0.717, 1.165) is 74.2 Å². The van der Waals surface area contributed by atoms with Crippen molar-refractivity contribution < 1.29 is 38.1 Å². The smallest absolute Gasteiger partial charge is 0.328 e. The summed E-state index contributed by atoms with van der Waals surface area (Å²) >= 11 is 0. The van der Waals surface area contributed by atoms with Gasteiger partial charge in [-0.2, -0.15) is 10.5 Å². The van der Waals surface area contributed by atoms with Crippen molar-refractivity contribution in [1.29, 1.82) is 10.5 Å². The van der Waals surface area contributed by atoms with Gasteiger partial charge in [0, 0.05) is 34.8 Å². The third-order valence-corrected chi connectivity index (χ3v) is 8.62. The van der Waals surface area contributed by atoms with Crippen molar-refractivity contribution in [1.82, 2.24) is 9.80 Å². The van der Waals surface area contributed by atoms with Crippen molar-refractivity contribution in [3.05, 3.63) is 71.2 Å². The van der Waals surface area contributed by atoms with E-state index in [9.17, 15) is 20.1 Å². The number of nitriles is 2. The molecule has 2 aliphatic rings. The monoisotopic (exact) mass is 656 g/mol. The maximum atomic E-state index is 9.55.